The van der Waals surface area contributed by atoms with Gasteiger partial charge in [-0.3, -0.25) is 4.68 Å². The second-order valence-electron chi connectivity index (χ2n) is 2.11. The van der Waals surface area contributed by atoms with Gasteiger partial charge in [0.25, 0.3) is 0 Å². The van der Waals surface area contributed by atoms with Crippen LogP contribution in [0, 0.1) is 0 Å². The molecule has 0 unspecified atom stereocenters. The van der Waals surface area contributed by atoms with Crippen molar-refractivity contribution in [2.45, 2.75) is 5.75 Å². The molecule has 0 aliphatic carbocycles. The molecule has 0 fully saturated rings. The van der Waals surface area contributed by atoms with Crippen LogP contribution in [0.1, 0.15) is 16.2 Å². The summed E-state index contributed by atoms with van der Waals surface area (Å²) in [4.78, 5) is 10.4. The molecule has 0 atom stereocenters. The van der Waals surface area contributed by atoms with E-state index >= 15 is 0 Å². The third kappa shape index (κ3) is 1.54. The van der Waals surface area contributed by atoms with Gasteiger partial charge in [0.2, 0.25) is 0 Å². The minimum absolute atomic E-state index is 0.0663. The molecule has 0 aliphatic rings. The van der Waals surface area contributed by atoms with E-state index in [0.717, 1.165) is 5.69 Å². The van der Waals surface area contributed by atoms with Crippen molar-refractivity contribution >= 4 is 18.6 Å². The number of carboxylic acids is 1. The number of aryl methyl sites for hydroxylation is 1. The zero-order valence-corrected chi connectivity index (χ0v) is 6.88. The van der Waals surface area contributed by atoms with Gasteiger partial charge >= 0.3 is 5.97 Å². The SMILES string of the molecule is Cn1nc(C(=O)O)cc1CS. The topological polar surface area (TPSA) is 55.1 Å². The lowest BCUT2D eigenvalue weighted by Crippen LogP contribution is -1.99. The fourth-order valence-electron chi connectivity index (χ4n) is 0.758. The molecule has 0 saturated heterocycles. The van der Waals surface area contributed by atoms with Crippen LogP contribution in [0.2, 0.25) is 0 Å². The molecule has 60 valence electrons. The average molecular weight is 172 g/mol. The molecule has 1 rings (SSSR count). The highest BCUT2D eigenvalue weighted by Crippen LogP contribution is 2.04. The fraction of sp³-hybridized carbons (Fsp3) is 0.333. The smallest absolute Gasteiger partial charge is 0.356 e. The van der Waals surface area contributed by atoms with E-state index < -0.39 is 5.97 Å². The Labute approximate surface area is 69.2 Å². The Kier molecular flexibility index (Phi) is 2.19. The summed E-state index contributed by atoms with van der Waals surface area (Å²) in [6.07, 6.45) is 0. The third-order valence-electron chi connectivity index (χ3n) is 1.36. The first-order valence-corrected chi connectivity index (χ1v) is 3.65. The van der Waals surface area contributed by atoms with Gasteiger partial charge in [-0.15, -0.1) is 0 Å². The monoisotopic (exact) mass is 172 g/mol. The largest absolute Gasteiger partial charge is 0.476 e. The Morgan fingerprint density at radius 2 is 2.55 bits per heavy atom. The summed E-state index contributed by atoms with van der Waals surface area (Å²) in [5.41, 5.74) is 0.863. The first kappa shape index (κ1) is 8.13. The maximum absolute atomic E-state index is 10.4. The van der Waals surface area contributed by atoms with Crippen LogP contribution in [0.5, 0.6) is 0 Å². The highest BCUT2D eigenvalue weighted by atomic mass is 32.1. The number of carbonyl (C=O) groups is 1. The Balaban J connectivity index is 3.05. The average Bonchev–Trinajstić information content (AvgIpc) is 2.31. The first-order valence-electron chi connectivity index (χ1n) is 3.02. The van der Waals surface area contributed by atoms with Gasteiger partial charge in [0.15, 0.2) is 5.69 Å². The molecule has 0 radical (unpaired) electrons. The quantitative estimate of drug-likeness (QED) is 0.640. The molecule has 1 heterocycles. The van der Waals surface area contributed by atoms with Crippen LogP contribution in [0.15, 0.2) is 6.07 Å². The molecule has 1 aromatic heterocycles. The van der Waals surface area contributed by atoms with Crippen molar-refractivity contribution in [3.8, 4) is 0 Å². The van der Waals surface area contributed by atoms with Gasteiger partial charge in [0, 0.05) is 18.5 Å². The van der Waals surface area contributed by atoms with E-state index in [2.05, 4.69) is 17.7 Å². The lowest BCUT2D eigenvalue weighted by Gasteiger charge is -1.92. The van der Waals surface area contributed by atoms with E-state index in [9.17, 15) is 4.79 Å². The van der Waals surface area contributed by atoms with Crippen LogP contribution in [-0.4, -0.2) is 20.9 Å². The minimum atomic E-state index is -1.01. The van der Waals surface area contributed by atoms with Gasteiger partial charge in [-0.05, 0) is 6.07 Å². The fourth-order valence-corrected chi connectivity index (χ4v) is 1.05. The molecule has 5 heteroatoms. The third-order valence-corrected chi connectivity index (χ3v) is 1.68. The highest BCUT2D eigenvalue weighted by molar-refractivity contribution is 7.79. The second-order valence-corrected chi connectivity index (χ2v) is 2.42. The van der Waals surface area contributed by atoms with Crippen molar-refractivity contribution in [1.82, 2.24) is 9.78 Å². The predicted molar refractivity (Wildman–Crippen MR) is 42.9 cm³/mol. The molecular weight excluding hydrogens is 164 g/mol. The number of nitrogens with zero attached hydrogens (tertiary/aromatic N) is 2. The maximum atomic E-state index is 10.4. The number of rotatable bonds is 2. The molecule has 0 amide bonds. The first-order chi connectivity index (χ1) is 5.15. The lowest BCUT2D eigenvalue weighted by atomic mass is 10.4. The number of carboxylic acid groups (broad SMARTS) is 1. The standard InChI is InChI=1S/C6H8N2O2S/c1-8-4(3-11)2-5(7-8)6(9)10/h2,11H,3H2,1H3,(H,9,10). The molecule has 0 spiro atoms. The second kappa shape index (κ2) is 2.96. The van der Waals surface area contributed by atoms with E-state index in [1.807, 2.05) is 0 Å². The van der Waals surface area contributed by atoms with Crippen LogP contribution < -0.4 is 0 Å². The number of thiol groups is 1. The summed E-state index contributed by atoms with van der Waals surface area (Å²) in [6, 6.07) is 1.51. The van der Waals surface area contributed by atoms with Gasteiger partial charge in [0.1, 0.15) is 0 Å². The van der Waals surface area contributed by atoms with E-state index in [1.54, 1.807) is 7.05 Å². The van der Waals surface area contributed by atoms with Gasteiger partial charge in [-0.2, -0.15) is 17.7 Å². The molecule has 4 nitrogen and oxygen atoms in total. The zero-order valence-electron chi connectivity index (χ0n) is 5.98. The predicted octanol–water partition coefficient (Wildman–Crippen LogP) is 0.548. The van der Waals surface area contributed by atoms with Crippen LogP contribution in [0.4, 0.5) is 0 Å². The molecule has 11 heavy (non-hydrogen) atoms. The summed E-state index contributed by atoms with van der Waals surface area (Å²) in [5.74, 6) is -0.509. The summed E-state index contributed by atoms with van der Waals surface area (Å²) in [7, 11) is 1.69. The summed E-state index contributed by atoms with van der Waals surface area (Å²) in [6.45, 7) is 0. The Morgan fingerprint density at radius 1 is 1.91 bits per heavy atom. The molecule has 0 bridgehead atoms. The molecule has 1 N–H and O–H groups in total. The van der Waals surface area contributed by atoms with Crippen molar-refractivity contribution in [3.63, 3.8) is 0 Å². The summed E-state index contributed by atoms with van der Waals surface area (Å²) in [5, 5.41) is 12.3. The van der Waals surface area contributed by atoms with E-state index in [-0.39, 0.29) is 5.69 Å². The van der Waals surface area contributed by atoms with E-state index in [0.29, 0.717) is 5.75 Å². The van der Waals surface area contributed by atoms with E-state index in [1.165, 1.54) is 10.7 Å². The van der Waals surface area contributed by atoms with Crippen LogP contribution >= 0.6 is 12.6 Å². The van der Waals surface area contributed by atoms with Gasteiger partial charge < -0.3 is 5.11 Å². The molecule has 1 aromatic rings. The van der Waals surface area contributed by atoms with Gasteiger partial charge in [0.05, 0.1) is 0 Å². The summed E-state index contributed by atoms with van der Waals surface area (Å²) >= 11 is 4.01. The van der Waals surface area contributed by atoms with Crippen LogP contribution in [0.25, 0.3) is 0 Å². The normalized spacial score (nSPS) is 10.0. The Bertz CT molecular complexity index is 282. The van der Waals surface area contributed by atoms with Crippen molar-refractivity contribution < 1.29 is 9.90 Å². The van der Waals surface area contributed by atoms with Crippen LogP contribution in [-0.2, 0) is 12.8 Å². The Morgan fingerprint density at radius 3 is 2.82 bits per heavy atom. The molecule has 0 saturated carbocycles. The number of aromatic carboxylic acids is 1. The molecule has 0 aliphatic heterocycles. The van der Waals surface area contributed by atoms with Crippen molar-refractivity contribution in [2.24, 2.45) is 7.05 Å². The lowest BCUT2D eigenvalue weighted by molar-refractivity contribution is 0.0689. The Hall–Kier alpha value is -0.970. The molecule has 0 aromatic carbocycles. The van der Waals surface area contributed by atoms with E-state index in [4.69, 9.17) is 5.11 Å². The molecular formula is C6H8N2O2S. The van der Waals surface area contributed by atoms with Gasteiger partial charge in [-0.25, -0.2) is 4.79 Å². The number of hydrogen-bond acceptors (Lipinski definition) is 3. The minimum Gasteiger partial charge on any atom is -0.476 e. The van der Waals surface area contributed by atoms with Crippen molar-refractivity contribution in [2.75, 3.05) is 0 Å². The maximum Gasteiger partial charge on any atom is 0.356 e. The number of aromatic nitrogens is 2. The zero-order chi connectivity index (χ0) is 8.43. The summed E-state index contributed by atoms with van der Waals surface area (Å²) < 4.78 is 1.51. The van der Waals surface area contributed by atoms with Crippen molar-refractivity contribution in [1.29, 1.82) is 0 Å². The van der Waals surface area contributed by atoms with Gasteiger partial charge in [-0.1, -0.05) is 0 Å². The highest BCUT2D eigenvalue weighted by Gasteiger charge is 2.09. The van der Waals surface area contributed by atoms with Crippen molar-refractivity contribution in [3.05, 3.63) is 17.5 Å². The number of hydrogen-bond donors (Lipinski definition) is 2. The van der Waals surface area contributed by atoms with Crippen LogP contribution in [0.3, 0.4) is 0 Å².